The predicted octanol–water partition coefficient (Wildman–Crippen LogP) is 7.03. The number of aromatic nitrogens is 2. The molecule has 0 spiro atoms. The topological polar surface area (TPSA) is 43.3 Å². The quantitative estimate of drug-likeness (QED) is 0.397. The van der Waals surface area contributed by atoms with Crippen LogP contribution in [0.2, 0.25) is 0 Å². The summed E-state index contributed by atoms with van der Waals surface area (Å²) in [6.07, 6.45) is 1.05. The number of anilines is 1. The summed E-state index contributed by atoms with van der Waals surface area (Å²) in [5.41, 5.74) is 12.2. The van der Waals surface area contributed by atoms with Crippen LogP contribution in [0.4, 0.5) is 5.82 Å². The summed E-state index contributed by atoms with van der Waals surface area (Å²) in [6.45, 7) is 11.5. The van der Waals surface area contributed by atoms with Crippen LogP contribution in [-0.2, 0) is 5.41 Å². The van der Waals surface area contributed by atoms with E-state index >= 15 is 0 Å². The van der Waals surface area contributed by atoms with E-state index in [9.17, 15) is 0 Å². The lowest BCUT2D eigenvalue weighted by Gasteiger charge is -2.33. The fourth-order valence-electron chi connectivity index (χ4n) is 4.60. The normalized spacial score (nSPS) is 12.6. The number of nitrogens with two attached hydrogens (primary N) is 1. The third kappa shape index (κ3) is 3.69. The van der Waals surface area contributed by atoms with Crippen LogP contribution in [0.5, 0.6) is 0 Å². The number of thiophene rings is 1. The molecule has 0 saturated carbocycles. The Morgan fingerprint density at radius 2 is 1.62 bits per heavy atom. The Balaban J connectivity index is 1.92. The van der Waals surface area contributed by atoms with Crippen LogP contribution in [0.3, 0.4) is 0 Å². The van der Waals surface area contributed by atoms with Crippen molar-refractivity contribution in [2.75, 3.05) is 5.73 Å². The molecule has 0 radical (unpaired) electrons. The maximum absolute atomic E-state index is 6.76. The molecule has 0 unspecified atom stereocenters. The van der Waals surface area contributed by atoms with Crippen LogP contribution >= 0.6 is 11.3 Å². The zero-order chi connectivity index (χ0) is 20.8. The van der Waals surface area contributed by atoms with Crippen LogP contribution in [0.25, 0.3) is 27.3 Å². The molecule has 0 aliphatic rings. The van der Waals surface area contributed by atoms with Gasteiger partial charge >= 0.3 is 0 Å². The van der Waals surface area contributed by atoms with Crippen LogP contribution in [0, 0.1) is 5.41 Å². The van der Waals surface area contributed by atoms with Crippen molar-refractivity contribution in [1.29, 1.82) is 0 Å². The molecule has 0 aliphatic heterocycles. The summed E-state index contributed by atoms with van der Waals surface area (Å²) in [6, 6.07) is 18.9. The van der Waals surface area contributed by atoms with Crippen molar-refractivity contribution in [3.05, 3.63) is 65.7 Å². The Morgan fingerprint density at radius 3 is 2.28 bits per heavy atom. The maximum atomic E-state index is 6.76. The standard InChI is InChI=1S/C25H29N3S/c1-24(2,3)16-25(4,5)20-13-8-14-21-27-22(23(26)28(20)21)18-11-7-6-10-17(18)19-12-9-15-29-19/h6-15H,16,26H2,1-5H3. The van der Waals surface area contributed by atoms with Crippen LogP contribution in [-0.4, -0.2) is 9.38 Å². The maximum Gasteiger partial charge on any atom is 0.139 e. The summed E-state index contributed by atoms with van der Waals surface area (Å²) >= 11 is 1.74. The van der Waals surface area contributed by atoms with Gasteiger partial charge in [0.1, 0.15) is 17.2 Å². The second-order valence-corrected chi connectivity index (χ2v) is 10.5. The minimum atomic E-state index is -0.0306. The lowest BCUT2D eigenvalue weighted by atomic mass is 9.74. The van der Waals surface area contributed by atoms with Crippen molar-refractivity contribution < 1.29 is 0 Å². The number of benzene rings is 1. The van der Waals surface area contributed by atoms with Crippen molar-refractivity contribution in [2.45, 2.75) is 46.5 Å². The molecule has 0 amide bonds. The largest absolute Gasteiger partial charge is 0.383 e. The summed E-state index contributed by atoms with van der Waals surface area (Å²) in [5, 5.41) is 2.10. The molecule has 3 heterocycles. The number of nitrogen functional groups attached to an aromatic ring is 1. The predicted molar refractivity (Wildman–Crippen MR) is 125 cm³/mol. The van der Waals surface area contributed by atoms with Crippen LogP contribution in [0.15, 0.2) is 60.0 Å². The highest BCUT2D eigenvalue weighted by molar-refractivity contribution is 7.13. The SMILES string of the molecule is CC(C)(C)CC(C)(C)c1cccc2nc(-c3ccccc3-c3cccs3)c(N)n12. The van der Waals surface area contributed by atoms with Gasteiger partial charge in [-0.2, -0.15) is 0 Å². The molecular weight excluding hydrogens is 374 g/mol. The molecule has 3 nitrogen and oxygen atoms in total. The highest BCUT2D eigenvalue weighted by atomic mass is 32.1. The zero-order valence-corrected chi connectivity index (χ0v) is 18.7. The van der Waals surface area contributed by atoms with Gasteiger partial charge in [0, 0.05) is 27.1 Å². The number of hydrogen-bond acceptors (Lipinski definition) is 3. The van der Waals surface area contributed by atoms with Crippen molar-refractivity contribution in [3.63, 3.8) is 0 Å². The second-order valence-electron chi connectivity index (χ2n) is 9.59. The van der Waals surface area contributed by atoms with Gasteiger partial charge in [-0.05, 0) is 35.4 Å². The number of imidazole rings is 1. The molecule has 29 heavy (non-hydrogen) atoms. The van der Waals surface area contributed by atoms with E-state index in [4.69, 9.17) is 10.7 Å². The monoisotopic (exact) mass is 403 g/mol. The summed E-state index contributed by atoms with van der Waals surface area (Å²) in [7, 11) is 0. The minimum Gasteiger partial charge on any atom is -0.383 e. The Bertz CT molecular complexity index is 1140. The molecule has 2 N–H and O–H groups in total. The number of fused-ring (bicyclic) bond motifs is 1. The first-order valence-corrected chi connectivity index (χ1v) is 11.0. The van der Waals surface area contributed by atoms with Crippen molar-refractivity contribution >= 4 is 22.8 Å². The minimum absolute atomic E-state index is 0.0306. The first-order valence-electron chi connectivity index (χ1n) is 10.1. The summed E-state index contributed by atoms with van der Waals surface area (Å²) < 4.78 is 2.15. The van der Waals surface area contributed by atoms with E-state index in [-0.39, 0.29) is 10.8 Å². The third-order valence-electron chi connectivity index (χ3n) is 5.31. The number of hydrogen-bond donors (Lipinski definition) is 1. The lowest BCUT2D eigenvalue weighted by molar-refractivity contribution is 0.278. The van der Waals surface area contributed by atoms with Gasteiger partial charge in [0.25, 0.3) is 0 Å². The van der Waals surface area contributed by atoms with Crippen LogP contribution < -0.4 is 5.73 Å². The van der Waals surface area contributed by atoms with E-state index in [0.717, 1.165) is 23.3 Å². The van der Waals surface area contributed by atoms with Crippen molar-refractivity contribution in [3.8, 4) is 21.7 Å². The first kappa shape index (κ1) is 19.7. The van der Waals surface area contributed by atoms with Crippen molar-refractivity contribution in [1.82, 2.24) is 9.38 Å². The summed E-state index contributed by atoms with van der Waals surface area (Å²) in [5.74, 6) is 0.710. The Hall–Kier alpha value is -2.59. The molecule has 0 fully saturated rings. The summed E-state index contributed by atoms with van der Waals surface area (Å²) in [4.78, 5) is 6.19. The second kappa shape index (κ2) is 7.03. The number of nitrogens with zero attached hydrogens (tertiary/aromatic N) is 2. The number of rotatable bonds is 4. The fourth-order valence-corrected chi connectivity index (χ4v) is 5.36. The molecule has 0 atom stereocenters. The van der Waals surface area contributed by atoms with Gasteiger partial charge in [-0.25, -0.2) is 4.98 Å². The molecule has 4 rings (SSSR count). The van der Waals surface area contributed by atoms with E-state index in [2.05, 4.69) is 92.9 Å². The smallest absolute Gasteiger partial charge is 0.139 e. The van der Waals surface area contributed by atoms with Crippen molar-refractivity contribution in [2.24, 2.45) is 5.41 Å². The average Bonchev–Trinajstić information content (AvgIpc) is 3.28. The Kier molecular flexibility index (Phi) is 4.78. The fraction of sp³-hybridized carbons (Fsp3) is 0.320. The molecule has 0 saturated heterocycles. The lowest BCUT2D eigenvalue weighted by Crippen LogP contribution is -2.27. The zero-order valence-electron chi connectivity index (χ0n) is 17.9. The molecule has 150 valence electrons. The molecule has 0 bridgehead atoms. The van der Waals surface area contributed by atoms with E-state index < -0.39 is 0 Å². The highest BCUT2D eigenvalue weighted by Gasteiger charge is 2.30. The van der Waals surface area contributed by atoms with Gasteiger partial charge in [0.05, 0.1) is 0 Å². The molecule has 0 aliphatic carbocycles. The Morgan fingerprint density at radius 1 is 0.897 bits per heavy atom. The van der Waals surface area contributed by atoms with Gasteiger partial charge in [0.15, 0.2) is 0 Å². The molecule has 1 aromatic carbocycles. The van der Waals surface area contributed by atoms with Gasteiger partial charge in [0.2, 0.25) is 0 Å². The van der Waals surface area contributed by atoms with E-state index in [1.807, 2.05) is 6.07 Å². The third-order valence-corrected chi connectivity index (χ3v) is 6.22. The highest BCUT2D eigenvalue weighted by Crippen LogP contribution is 2.40. The van der Waals surface area contributed by atoms with E-state index in [1.54, 1.807) is 11.3 Å². The average molecular weight is 404 g/mol. The van der Waals surface area contributed by atoms with Gasteiger partial charge in [-0.1, -0.05) is 71.0 Å². The van der Waals surface area contributed by atoms with Gasteiger partial charge in [-0.3, -0.25) is 4.40 Å². The van der Waals surface area contributed by atoms with Gasteiger partial charge in [-0.15, -0.1) is 11.3 Å². The Labute approximate surface area is 177 Å². The van der Waals surface area contributed by atoms with Gasteiger partial charge < -0.3 is 5.73 Å². The number of pyridine rings is 1. The molecule has 4 aromatic rings. The molecule has 3 aromatic heterocycles. The van der Waals surface area contributed by atoms with Crippen LogP contribution in [0.1, 0.15) is 46.7 Å². The first-order chi connectivity index (χ1) is 13.7. The molecular formula is C25H29N3S. The van der Waals surface area contributed by atoms with E-state index in [0.29, 0.717) is 5.82 Å². The molecule has 4 heteroatoms. The van der Waals surface area contributed by atoms with E-state index in [1.165, 1.54) is 16.1 Å².